The van der Waals surface area contributed by atoms with E-state index in [1.165, 1.54) is 12.1 Å². The lowest BCUT2D eigenvalue weighted by Gasteiger charge is -2.49. The van der Waals surface area contributed by atoms with Gasteiger partial charge in [-0.2, -0.15) is 0 Å². The summed E-state index contributed by atoms with van der Waals surface area (Å²) in [6.07, 6.45) is 5.04. The lowest BCUT2D eigenvalue weighted by Crippen LogP contribution is -2.61. The molecule has 1 saturated carbocycles. The van der Waals surface area contributed by atoms with Gasteiger partial charge in [-0.1, -0.05) is 24.4 Å². The molecule has 7 heteroatoms. The highest BCUT2D eigenvalue weighted by molar-refractivity contribution is 7.92. The van der Waals surface area contributed by atoms with Gasteiger partial charge in [0.25, 0.3) is 0 Å². The van der Waals surface area contributed by atoms with Gasteiger partial charge < -0.3 is 4.74 Å². The third-order valence-corrected chi connectivity index (χ3v) is 7.80. The minimum atomic E-state index is -3.74. The number of hydrogen-bond acceptors (Lipinski definition) is 5. The molecule has 1 aromatic carbocycles. The minimum absolute atomic E-state index is 0.127. The van der Waals surface area contributed by atoms with E-state index in [9.17, 15) is 8.42 Å². The van der Waals surface area contributed by atoms with Crippen molar-refractivity contribution >= 4 is 21.4 Å². The predicted molar refractivity (Wildman–Crippen MR) is 88.0 cm³/mol. The van der Waals surface area contributed by atoms with Crippen molar-refractivity contribution in [1.29, 1.82) is 0 Å². The van der Waals surface area contributed by atoms with Crippen LogP contribution < -0.4 is 0 Å². The number of halogens is 1. The second kappa shape index (κ2) is 5.68. The zero-order chi connectivity index (χ0) is 17.0. The molecule has 0 amide bonds. The fourth-order valence-corrected chi connectivity index (χ4v) is 6.30. The van der Waals surface area contributed by atoms with Crippen LogP contribution in [0.3, 0.4) is 0 Å². The van der Waals surface area contributed by atoms with E-state index in [0.29, 0.717) is 17.9 Å². The molecule has 0 aromatic heterocycles. The maximum Gasteiger partial charge on any atom is 0.208 e. The van der Waals surface area contributed by atoms with Gasteiger partial charge in [-0.15, -0.1) is 0 Å². The first kappa shape index (κ1) is 16.8. The monoisotopic (exact) mass is 372 g/mol. The van der Waals surface area contributed by atoms with E-state index in [2.05, 4.69) is 0 Å². The molecule has 5 nitrogen and oxygen atoms in total. The Bertz CT molecular complexity index is 730. The first-order valence-electron chi connectivity index (χ1n) is 8.40. The molecule has 3 aliphatic heterocycles. The Kier molecular flexibility index (Phi) is 3.97. The molecule has 0 unspecified atom stereocenters. The van der Waals surface area contributed by atoms with Gasteiger partial charge in [-0.05, 0) is 56.4 Å². The Morgan fingerprint density at radius 3 is 2.58 bits per heavy atom. The number of benzene rings is 1. The number of sulfone groups is 1. The Morgan fingerprint density at radius 2 is 1.83 bits per heavy atom. The summed E-state index contributed by atoms with van der Waals surface area (Å²) in [6, 6.07) is 6.21. The van der Waals surface area contributed by atoms with E-state index < -0.39 is 26.7 Å². The molecule has 3 saturated heterocycles. The van der Waals surface area contributed by atoms with Crippen molar-refractivity contribution in [3.05, 3.63) is 29.3 Å². The van der Waals surface area contributed by atoms with Crippen molar-refractivity contribution in [2.24, 2.45) is 5.92 Å². The van der Waals surface area contributed by atoms with Crippen LogP contribution in [0, 0.1) is 5.92 Å². The molecule has 5 rings (SSSR count). The minimum Gasteiger partial charge on any atom is -0.324 e. The maximum atomic E-state index is 13.3. The molecule has 0 radical (unpaired) electrons. The van der Waals surface area contributed by atoms with E-state index in [4.69, 9.17) is 26.1 Å². The highest BCUT2D eigenvalue weighted by Crippen LogP contribution is 2.53. The van der Waals surface area contributed by atoms with E-state index in [-0.39, 0.29) is 10.8 Å². The number of hydrogen-bond donors (Lipinski definition) is 0. The molecule has 1 aromatic rings. The summed E-state index contributed by atoms with van der Waals surface area (Å²) >= 11 is 5.90. The first-order valence-corrected chi connectivity index (χ1v) is 10.3. The van der Waals surface area contributed by atoms with Gasteiger partial charge >= 0.3 is 0 Å². The summed E-state index contributed by atoms with van der Waals surface area (Å²) in [7, 11) is -3.74. The molecule has 4 aliphatic rings. The lowest BCUT2D eigenvalue weighted by atomic mass is 9.74. The number of rotatable bonds is 2. The van der Waals surface area contributed by atoms with Crippen LogP contribution in [0.1, 0.15) is 45.4 Å². The van der Waals surface area contributed by atoms with Gasteiger partial charge in [0.15, 0.2) is 11.2 Å². The van der Waals surface area contributed by atoms with Gasteiger partial charge in [0.1, 0.15) is 5.60 Å². The fraction of sp³-hybridized carbons (Fsp3) is 0.647. The van der Waals surface area contributed by atoms with E-state index in [1.807, 2.05) is 0 Å². The van der Waals surface area contributed by atoms with Crippen LogP contribution >= 0.6 is 11.6 Å². The molecule has 4 fully saturated rings. The molecule has 0 N–H and O–H groups in total. The zero-order valence-corrected chi connectivity index (χ0v) is 15.1. The fourth-order valence-electron chi connectivity index (χ4n) is 4.21. The van der Waals surface area contributed by atoms with Crippen LogP contribution in [0.2, 0.25) is 5.02 Å². The summed E-state index contributed by atoms with van der Waals surface area (Å²) in [5, 5.41) is 0.498. The molecule has 1 spiro atoms. The maximum absolute atomic E-state index is 13.3. The Morgan fingerprint density at radius 1 is 1.08 bits per heavy atom. The average molecular weight is 373 g/mol. The molecular formula is C17H21ClO5S. The van der Waals surface area contributed by atoms with Crippen LogP contribution in [0.15, 0.2) is 29.2 Å². The topological polar surface area (TPSA) is 61.8 Å². The van der Waals surface area contributed by atoms with Crippen molar-refractivity contribution < 1.29 is 22.9 Å². The highest BCUT2D eigenvalue weighted by Gasteiger charge is 2.63. The van der Waals surface area contributed by atoms with Crippen molar-refractivity contribution in [3.63, 3.8) is 0 Å². The molecule has 24 heavy (non-hydrogen) atoms. The van der Waals surface area contributed by atoms with Gasteiger partial charge in [0.05, 0.1) is 4.90 Å². The smallest absolute Gasteiger partial charge is 0.208 e. The molecular weight excluding hydrogens is 352 g/mol. The highest BCUT2D eigenvalue weighted by atomic mass is 35.5. The van der Waals surface area contributed by atoms with Gasteiger partial charge in [-0.3, -0.25) is 0 Å². The van der Waals surface area contributed by atoms with Gasteiger partial charge in [0.2, 0.25) is 9.84 Å². The second-order valence-corrected chi connectivity index (χ2v) is 9.61. The summed E-state index contributed by atoms with van der Waals surface area (Å²) in [6.45, 7) is 1.75. The van der Waals surface area contributed by atoms with Crippen molar-refractivity contribution in [2.45, 2.75) is 67.2 Å². The van der Waals surface area contributed by atoms with Crippen LogP contribution in [0.25, 0.3) is 0 Å². The lowest BCUT2D eigenvalue weighted by molar-refractivity contribution is -0.514. The summed E-state index contributed by atoms with van der Waals surface area (Å²) in [4.78, 5) is 11.5. The molecule has 2 bridgehead atoms. The Labute approximate surface area is 147 Å². The molecule has 132 valence electrons. The van der Waals surface area contributed by atoms with Gasteiger partial charge in [0, 0.05) is 11.4 Å². The summed E-state index contributed by atoms with van der Waals surface area (Å²) < 4.78 is 32.7. The molecule has 3 heterocycles. The summed E-state index contributed by atoms with van der Waals surface area (Å²) in [5.74, 6) is -0.894. The van der Waals surface area contributed by atoms with Crippen molar-refractivity contribution in [2.75, 3.05) is 0 Å². The molecule has 1 aliphatic carbocycles. The van der Waals surface area contributed by atoms with Crippen LogP contribution in [0.4, 0.5) is 0 Å². The largest absolute Gasteiger partial charge is 0.324 e. The SMILES string of the molecule is C[C@@]12CC[C@H]3CCCC[C@@]3(OO1)[C@H](S(=O)(=O)c1ccc(Cl)cc1)O2. The predicted octanol–water partition coefficient (Wildman–Crippen LogP) is 3.86. The third-order valence-electron chi connectivity index (χ3n) is 5.56. The summed E-state index contributed by atoms with van der Waals surface area (Å²) in [5.41, 5.74) is -1.98. The number of ether oxygens (including phenoxy) is 1. The van der Waals surface area contributed by atoms with Crippen LogP contribution in [-0.2, 0) is 24.3 Å². The zero-order valence-electron chi connectivity index (χ0n) is 13.5. The standard InChI is InChI=1S/C17H21ClO5S/c1-16-11-9-12-4-2-3-10-17(12,23-22-16)15(21-16)24(19,20)14-7-5-13(18)6-8-14/h5-8,12,15H,2-4,9-11H2,1H3/t12-,15+,16+,17+/m1/s1. The van der Waals surface area contributed by atoms with Crippen molar-refractivity contribution in [3.8, 4) is 0 Å². The van der Waals surface area contributed by atoms with E-state index in [0.717, 1.165) is 25.7 Å². The second-order valence-electron chi connectivity index (χ2n) is 7.19. The quantitative estimate of drug-likeness (QED) is 0.738. The van der Waals surface area contributed by atoms with E-state index in [1.54, 1.807) is 19.1 Å². The molecule has 4 atom stereocenters. The van der Waals surface area contributed by atoms with Crippen LogP contribution in [-0.4, -0.2) is 25.2 Å². The van der Waals surface area contributed by atoms with Gasteiger partial charge in [-0.25, -0.2) is 18.2 Å². The van der Waals surface area contributed by atoms with Crippen molar-refractivity contribution in [1.82, 2.24) is 0 Å². The first-order chi connectivity index (χ1) is 11.4. The Balaban J connectivity index is 1.81. The third kappa shape index (κ3) is 2.51. The van der Waals surface area contributed by atoms with Crippen LogP contribution in [0.5, 0.6) is 0 Å². The normalized spacial score (nSPS) is 39.2. The average Bonchev–Trinajstić information content (AvgIpc) is 2.80. The number of fused-ring (bicyclic) bond motifs is 3. The van der Waals surface area contributed by atoms with E-state index >= 15 is 0 Å². The Hall–Kier alpha value is -0.660.